The third kappa shape index (κ3) is 5.11. The number of pyridine rings is 2. The fraction of sp³-hybridized carbons (Fsp3) is 0.214. The summed E-state index contributed by atoms with van der Waals surface area (Å²) in [4.78, 5) is 11.1. The summed E-state index contributed by atoms with van der Waals surface area (Å²) in [6.07, 6.45) is 9.66. The van der Waals surface area contributed by atoms with Gasteiger partial charge in [-0.05, 0) is 72.4 Å². The van der Waals surface area contributed by atoms with Crippen molar-refractivity contribution in [3.63, 3.8) is 0 Å². The van der Waals surface area contributed by atoms with E-state index in [9.17, 15) is 8.42 Å². The van der Waals surface area contributed by atoms with Crippen LogP contribution in [0.25, 0.3) is 11.1 Å². The molecule has 3 heterocycles. The van der Waals surface area contributed by atoms with Crippen molar-refractivity contribution in [3.05, 3.63) is 103 Å². The molecule has 1 saturated heterocycles. The van der Waals surface area contributed by atoms with Gasteiger partial charge < -0.3 is 4.90 Å². The summed E-state index contributed by atoms with van der Waals surface area (Å²) in [5.41, 5.74) is 5.03. The minimum absolute atomic E-state index is 0.364. The van der Waals surface area contributed by atoms with E-state index in [-0.39, 0.29) is 0 Å². The summed E-state index contributed by atoms with van der Waals surface area (Å²) in [5.74, 6) is 0. The highest BCUT2D eigenvalue weighted by molar-refractivity contribution is 7.89. The molecule has 0 spiro atoms. The number of nitrogens with zero attached hydrogens (tertiary/aromatic N) is 4. The van der Waals surface area contributed by atoms with Gasteiger partial charge in [-0.3, -0.25) is 9.97 Å². The van der Waals surface area contributed by atoms with E-state index in [0.29, 0.717) is 31.0 Å². The summed E-state index contributed by atoms with van der Waals surface area (Å²) in [6.45, 7) is 1.83. The van der Waals surface area contributed by atoms with Crippen molar-refractivity contribution < 1.29 is 8.42 Å². The Morgan fingerprint density at radius 2 is 1.46 bits per heavy atom. The van der Waals surface area contributed by atoms with Crippen LogP contribution < -0.4 is 4.90 Å². The number of benzene rings is 2. The fourth-order valence-corrected chi connectivity index (χ4v) is 6.15. The average Bonchev–Trinajstić information content (AvgIpc) is 3.47. The molecule has 6 nitrogen and oxygen atoms in total. The summed E-state index contributed by atoms with van der Waals surface area (Å²) in [7, 11) is -3.50. The Bertz CT molecular complexity index is 1320. The molecule has 178 valence electrons. The Labute approximate surface area is 207 Å². The van der Waals surface area contributed by atoms with Gasteiger partial charge in [0.1, 0.15) is 0 Å². The second-order valence-corrected chi connectivity index (χ2v) is 10.6. The lowest BCUT2D eigenvalue weighted by molar-refractivity contribution is 0.477. The van der Waals surface area contributed by atoms with Crippen LogP contribution in [-0.2, 0) is 16.4 Å². The highest BCUT2D eigenvalue weighted by atomic mass is 32.2. The summed E-state index contributed by atoms with van der Waals surface area (Å²) >= 11 is 0. The maximum absolute atomic E-state index is 13.3. The van der Waals surface area contributed by atoms with Crippen LogP contribution in [0.1, 0.15) is 18.4 Å². The summed E-state index contributed by atoms with van der Waals surface area (Å²) in [5, 5.41) is 0. The number of anilines is 2. The molecule has 0 amide bonds. The lowest BCUT2D eigenvalue weighted by Gasteiger charge is -2.25. The first-order chi connectivity index (χ1) is 17.1. The number of sulfonamides is 1. The first-order valence-corrected chi connectivity index (χ1v) is 13.3. The molecule has 7 heteroatoms. The number of hydrogen-bond acceptors (Lipinski definition) is 5. The normalized spacial score (nSPS) is 14.2. The molecule has 0 N–H and O–H groups in total. The molecule has 1 aliphatic rings. The Kier molecular flexibility index (Phi) is 6.88. The third-order valence-corrected chi connectivity index (χ3v) is 8.28. The smallest absolute Gasteiger partial charge is 0.243 e. The molecule has 5 rings (SSSR count). The quantitative estimate of drug-likeness (QED) is 0.339. The van der Waals surface area contributed by atoms with Gasteiger partial charge >= 0.3 is 0 Å². The third-order valence-electron chi connectivity index (χ3n) is 6.38. The van der Waals surface area contributed by atoms with Crippen molar-refractivity contribution >= 4 is 21.4 Å². The molecule has 0 bridgehead atoms. The highest BCUT2D eigenvalue weighted by Crippen LogP contribution is 2.31. The van der Waals surface area contributed by atoms with Crippen LogP contribution in [0, 0.1) is 0 Å². The molecule has 2 aromatic carbocycles. The minimum atomic E-state index is -3.50. The van der Waals surface area contributed by atoms with Crippen molar-refractivity contribution in [2.45, 2.75) is 24.2 Å². The Morgan fingerprint density at radius 1 is 0.800 bits per heavy atom. The maximum Gasteiger partial charge on any atom is 0.243 e. The van der Waals surface area contributed by atoms with E-state index in [1.807, 2.05) is 67.0 Å². The van der Waals surface area contributed by atoms with Crippen LogP contribution in [-0.4, -0.2) is 42.3 Å². The lowest BCUT2D eigenvalue weighted by Crippen LogP contribution is -2.28. The fourth-order valence-electron chi connectivity index (χ4n) is 4.58. The molecule has 0 unspecified atom stereocenters. The van der Waals surface area contributed by atoms with Crippen molar-refractivity contribution in [1.82, 2.24) is 14.3 Å². The molecule has 0 saturated carbocycles. The minimum Gasteiger partial charge on any atom is -0.339 e. The van der Waals surface area contributed by atoms with E-state index in [1.165, 1.54) is 0 Å². The predicted octanol–water partition coefficient (Wildman–Crippen LogP) is 5.31. The SMILES string of the molecule is O=S(=O)(c1ccc(-c2ccccc2)c(CCN(c2cccnc2)c2cccnc2)c1)N1CCCC1. The first kappa shape index (κ1) is 23.2. The lowest BCUT2D eigenvalue weighted by atomic mass is 9.97. The molecular formula is C28H28N4O2S. The van der Waals surface area contributed by atoms with Crippen LogP contribution >= 0.6 is 0 Å². The Morgan fingerprint density at radius 3 is 2.06 bits per heavy atom. The van der Waals surface area contributed by atoms with E-state index >= 15 is 0 Å². The Balaban J connectivity index is 1.52. The van der Waals surface area contributed by atoms with E-state index in [1.54, 1.807) is 22.8 Å². The van der Waals surface area contributed by atoms with Crippen molar-refractivity contribution in [2.24, 2.45) is 0 Å². The zero-order chi connectivity index (χ0) is 24.1. The van der Waals surface area contributed by atoms with Gasteiger partial charge in [0.25, 0.3) is 0 Å². The average molecular weight is 485 g/mol. The van der Waals surface area contributed by atoms with Gasteiger partial charge in [0.05, 0.1) is 28.7 Å². The van der Waals surface area contributed by atoms with Crippen LogP contribution in [0.15, 0.2) is 102 Å². The van der Waals surface area contributed by atoms with Crippen molar-refractivity contribution in [1.29, 1.82) is 0 Å². The number of rotatable bonds is 8. The molecule has 35 heavy (non-hydrogen) atoms. The van der Waals surface area contributed by atoms with Gasteiger partial charge in [0, 0.05) is 32.0 Å². The monoisotopic (exact) mass is 484 g/mol. The topological polar surface area (TPSA) is 66.4 Å². The highest BCUT2D eigenvalue weighted by Gasteiger charge is 2.28. The second-order valence-electron chi connectivity index (χ2n) is 8.62. The molecular weight excluding hydrogens is 456 g/mol. The predicted molar refractivity (Wildman–Crippen MR) is 139 cm³/mol. The van der Waals surface area contributed by atoms with E-state index < -0.39 is 10.0 Å². The standard InChI is InChI=1S/C28H28N4O2S/c33-35(34,31-17-4-5-18-31)27-12-13-28(23-8-2-1-3-9-23)24(20-27)14-19-32(25-10-6-15-29-21-25)26-11-7-16-30-22-26/h1-3,6-13,15-16,20-22H,4-5,14,17-19H2. The van der Waals surface area contributed by atoms with Crippen LogP contribution in [0.2, 0.25) is 0 Å². The number of aromatic nitrogens is 2. The maximum atomic E-state index is 13.3. The van der Waals surface area contributed by atoms with Crippen molar-refractivity contribution in [3.8, 4) is 11.1 Å². The van der Waals surface area contributed by atoms with E-state index in [4.69, 9.17) is 0 Å². The van der Waals surface area contributed by atoms with Gasteiger partial charge in [0.2, 0.25) is 10.0 Å². The van der Waals surface area contributed by atoms with Gasteiger partial charge in [-0.2, -0.15) is 4.31 Å². The van der Waals surface area contributed by atoms with Gasteiger partial charge in [-0.15, -0.1) is 0 Å². The van der Waals surface area contributed by atoms with Gasteiger partial charge in [0.15, 0.2) is 0 Å². The molecule has 0 atom stereocenters. The zero-order valence-corrected chi connectivity index (χ0v) is 20.3. The summed E-state index contributed by atoms with van der Waals surface area (Å²) < 4.78 is 28.2. The molecule has 1 fully saturated rings. The Hall–Kier alpha value is -3.55. The van der Waals surface area contributed by atoms with Gasteiger partial charge in [-0.1, -0.05) is 36.4 Å². The molecule has 4 aromatic rings. The first-order valence-electron chi connectivity index (χ1n) is 11.9. The largest absolute Gasteiger partial charge is 0.339 e. The van der Waals surface area contributed by atoms with Crippen LogP contribution in [0.3, 0.4) is 0 Å². The zero-order valence-electron chi connectivity index (χ0n) is 19.5. The number of hydrogen-bond donors (Lipinski definition) is 0. The molecule has 0 aliphatic carbocycles. The van der Waals surface area contributed by atoms with Gasteiger partial charge in [-0.25, -0.2) is 8.42 Å². The van der Waals surface area contributed by atoms with Crippen LogP contribution in [0.4, 0.5) is 11.4 Å². The van der Waals surface area contributed by atoms with Crippen molar-refractivity contribution in [2.75, 3.05) is 24.5 Å². The molecule has 1 aliphatic heterocycles. The van der Waals surface area contributed by atoms with E-state index in [2.05, 4.69) is 27.0 Å². The van der Waals surface area contributed by atoms with E-state index in [0.717, 1.165) is 40.9 Å². The summed E-state index contributed by atoms with van der Waals surface area (Å²) in [6, 6.07) is 23.6. The second kappa shape index (κ2) is 10.4. The van der Waals surface area contributed by atoms with Crippen LogP contribution in [0.5, 0.6) is 0 Å². The molecule has 0 radical (unpaired) electrons. The molecule has 2 aromatic heterocycles.